The van der Waals surface area contributed by atoms with E-state index in [0.29, 0.717) is 22.3 Å². The van der Waals surface area contributed by atoms with Crippen LogP contribution in [0, 0.1) is 0 Å². The number of nitrogens with one attached hydrogen (secondary N) is 1. The highest BCUT2D eigenvalue weighted by atomic mass is 35.5. The molecule has 1 amide bonds. The largest absolute Gasteiger partial charge is 0.507 e. The Kier molecular flexibility index (Phi) is 5.34. The quantitative estimate of drug-likeness (QED) is 0.439. The number of aliphatic carboxylic acids is 1. The number of ketones is 1. The monoisotopic (exact) mass is 345 g/mol. The summed E-state index contributed by atoms with van der Waals surface area (Å²) in [4.78, 5) is 33.7. The number of hydrogen-bond acceptors (Lipinski definition) is 4. The van der Waals surface area contributed by atoms with E-state index >= 15 is 0 Å². The van der Waals surface area contributed by atoms with Gasteiger partial charge in [0.25, 0.3) is 11.7 Å². The smallest absolute Gasteiger partial charge is 0.376 e. The van der Waals surface area contributed by atoms with Crippen molar-refractivity contribution in [2.45, 2.75) is 0 Å². The maximum Gasteiger partial charge on any atom is 0.376 e. The highest BCUT2D eigenvalue weighted by Crippen LogP contribution is 2.18. The van der Waals surface area contributed by atoms with Crippen molar-refractivity contribution >= 4 is 40.7 Å². The van der Waals surface area contributed by atoms with E-state index in [4.69, 9.17) is 16.7 Å². The molecule has 0 aromatic heterocycles. The van der Waals surface area contributed by atoms with E-state index in [2.05, 4.69) is 5.32 Å². The molecule has 2 aromatic rings. The highest BCUT2D eigenvalue weighted by Gasteiger charge is 2.12. The van der Waals surface area contributed by atoms with Gasteiger partial charge in [-0.2, -0.15) is 0 Å². The predicted octanol–water partition coefficient (Wildman–Crippen LogP) is 3.14. The van der Waals surface area contributed by atoms with Crippen molar-refractivity contribution in [3.8, 4) is 0 Å². The van der Waals surface area contributed by atoms with Gasteiger partial charge >= 0.3 is 5.97 Å². The maximum absolute atomic E-state index is 12.1. The summed E-state index contributed by atoms with van der Waals surface area (Å²) in [6.45, 7) is 0. The summed E-state index contributed by atoms with van der Waals surface area (Å²) in [5.74, 6) is -3.84. The topological polar surface area (TPSA) is 104 Å². The number of anilines is 1. The number of carbonyl (C=O) groups excluding carboxylic acids is 2. The number of benzene rings is 2. The lowest BCUT2D eigenvalue weighted by Crippen LogP contribution is -2.12. The first-order valence-corrected chi connectivity index (χ1v) is 7.10. The number of halogens is 1. The first-order chi connectivity index (χ1) is 11.4. The second-order valence-electron chi connectivity index (χ2n) is 4.74. The SMILES string of the molecule is O=C(O)C(=O)C=C(O)c1cccc(NC(=O)c2cccc(Cl)c2)c1. The van der Waals surface area contributed by atoms with Crippen LogP contribution in [0.4, 0.5) is 5.69 Å². The fraction of sp³-hybridized carbons (Fsp3) is 0. The van der Waals surface area contributed by atoms with Crippen LogP contribution in [0.2, 0.25) is 5.02 Å². The molecule has 0 radical (unpaired) electrons. The molecule has 3 N–H and O–H groups in total. The van der Waals surface area contributed by atoms with Crippen molar-refractivity contribution in [2.75, 3.05) is 5.32 Å². The van der Waals surface area contributed by atoms with Gasteiger partial charge in [0.05, 0.1) is 0 Å². The molecular formula is C17H12ClNO5. The van der Waals surface area contributed by atoms with Gasteiger partial charge in [0.1, 0.15) is 5.76 Å². The Bertz CT molecular complexity index is 844. The van der Waals surface area contributed by atoms with Crippen molar-refractivity contribution < 1.29 is 24.6 Å². The van der Waals surface area contributed by atoms with Gasteiger partial charge in [-0.1, -0.05) is 29.8 Å². The summed E-state index contributed by atoms with van der Waals surface area (Å²) in [5.41, 5.74) is 0.905. The van der Waals surface area contributed by atoms with Crippen molar-refractivity contribution in [3.63, 3.8) is 0 Å². The zero-order valence-electron chi connectivity index (χ0n) is 12.2. The Labute approximate surface area is 142 Å². The van der Waals surface area contributed by atoms with E-state index in [0.717, 1.165) is 0 Å². The van der Waals surface area contributed by atoms with Gasteiger partial charge in [-0.05, 0) is 30.3 Å². The van der Waals surface area contributed by atoms with Crippen LogP contribution < -0.4 is 5.32 Å². The fourth-order valence-corrected chi connectivity index (χ4v) is 2.05. The van der Waals surface area contributed by atoms with Gasteiger partial charge in [0.15, 0.2) is 0 Å². The number of amides is 1. The second-order valence-corrected chi connectivity index (χ2v) is 5.18. The Morgan fingerprint density at radius 2 is 1.62 bits per heavy atom. The van der Waals surface area contributed by atoms with Crippen molar-refractivity contribution in [1.29, 1.82) is 0 Å². The van der Waals surface area contributed by atoms with Crippen LogP contribution in [0.25, 0.3) is 5.76 Å². The Morgan fingerprint density at radius 3 is 2.29 bits per heavy atom. The van der Waals surface area contributed by atoms with Gasteiger partial charge in [0, 0.05) is 27.9 Å². The van der Waals surface area contributed by atoms with Gasteiger partial charge < -0.3 is 15.5 Å². The third-order valence-corrected chi connectivity index (χ3v) is 3.22. The van der Waals surface area contributed by atoms with Crippen LogP contribution in [-0.2, 0) is 9.59 Å². The minimum absolute atomic E-state index is 0.188. The summed E-state index contributed by atoms with van der Waals surface area (Å²) in [6.07, 6.45) is 0.597. The first kappa shape index (κ1) is 17.2. The van der Waals surface area contributed by atoms with Crippen molar-refractivity contribution in [3.05, 3.63) is 70.8 Å². The molecule has 0 saturated heterocycles. The van der Waals surface area contributed by atoms with Gasteiger partial charge in [-0.3, -0.25) is 9.59 Å². The van der Waals surface area contributed by atoms with Gasteiger partial charge in [-0.25, -0.2) is 4.79 Å². The van der Waals surface area contributed by atoms with Crippen LogP contribution >= 0.6 is 11.6 Å². The molecule has 2 rings (SSSR count). The summed E-state index contributed by atoms with van der Waals surface area (Å²) in [6, 6.07) is 12.4. The maximum atomic E-state index is 12.1. The lowest BCUT2D eigenvalue weighted by atomic mass is 10.1. The lowest BCUT2D eigenvalue weighted by Gasteiger charge is -2.07. The van der Waals surface area contributed by atoms with Gasteiger partial charge in [-0.15, -0.1) is 0 Å². The molecule has 0 heterocycles. The summed E-state index contributed by atoms with van der Waals surface area (Å²) >= 11 is 5.83. The predicted molar refractivity (Wildman–Crippen MR) is 89.1 cm³/mol. The third kappa shape index (κ3) is 4.44. The fourth-order valence-electron chi connectivity index (χ4n) is 1.86. The molecule has 0 saturated carbocycles. The molecule has 0 aliphatic heterocycles. The zero-order valence-corrected chi connectivity index (χ0v) is 12.9. The summed E-state index contributed by atoms with van der Waals surface area (Å²) in [5, 5.41) is 21.4. The molecule has 2 aromatic carbocycles. The zero-order chi connectivity index (χ0) is 17.7. The standard InChI is InChI=1S/C17H12ClNO5/c18-12-5-1-4-11(7-12)16(22)19-13-6-2-3-10(8-13)14(20)9-15(21)17(23)24/h1-9,20H,(H,19,22)(H,23,24). The Balaban J connectivity index is 2.20. The minimum atomic E-state index is -1.67. The van der Waals surface area contributed by atoms with Crippen LogP contribution in [0.3, 0.4) is 0 Å². The molecule has 0 aliphatic carbocycles. The Morgan fingerprint density at radius 1 is 0.958 bits per heavy atom. The number of aliphatic hydroxyl groups is 1. The number of hydrogen-bond donors (Lipinski definition) is 3. The second kappa shape index (κ2) is 7.43. The number of carboxylic acid groups (broad SMARTS) is 1. The number of carboxylic acids is 1. The van der Waals surface area contributed by atoms with E-state index in [1.54, 1.807) is 24.3 Å². The normalized spacial score (nSPS) is 11.0. The first-order valence-electron chi connectivity index (χ1n) is 6.72. The van der Waals surface area contributed by atoms with E-state index in [1.807, 2.05) is 0 Å². The van der Waals surface area contributed by atoms with E-state index < -0.39 is 23.4 Å². The number of rotatable bonds is 5. The molecule has 0 aliphatic rings. The van der Waals surface area contributed by atoms with Gasteiger partial charge in [0.2, 0.25) is 0 Å². The van der Waals surface area contributed by atoms with Crippen molar-refractivity contribution in [2.24, 2.45) is 0 Å². The highest BCUT2D eigenvalue weighted by molar-refractivity contribution is 6.38. The molecule has 0 bridgehead atoms. The Hall–Kier alpha value is -3.12. The van der Waals surface area contributed by atoms with Crippen LogP contribution in [0.15, 0.2) is 54.6 Å². The average molecular weight is 346 g/mol. The molecule has 0 fully saturated rings. The molecule has 6 nitrogen and oxygen atoms in total. The van der Waals surface area contributed by atoms with E-state index in [9.17, 15) is 19.5 Å². The molecule has 24 heavy (non-hydrogen) atoms. The van der Waals surface area contributed by atoms with Crippen LogP contribution in [-0.4, -0.2) is 27.9 Å². The summed E-state index contributed by atoms with van der Waals surface area (Å²) in [7, 11) is 0. The summed E-state index contributed by atoms with van der Waals surface area (Å²) < 4.78 is 0. The molecule has 0 spiro atoms. The average Bonchev–Trinajstić information content (AvgIpc) is 2.54. The van der Waals surface area contributed by atoms with Crippen LogP contribution in [0.5, 0.6) is 0 Å². The van der Waals surface area contributed by atoms with Crippen LogP contribution in [0.1, 0.15) is 15.9 Å². The van der Waals surface area contributed by atoms with Crippen molar-refractivity contribution in [1.82, 2.24) is 0 Å². The molecule has 7 heteroatoms. The van der Waals surface area contributed by atoms with E-state index in [-0.39, 0.29) is 5.56 Å². The minimum Gasteiger partial charge on any atom is -0.507 e. The molecule has 0 unspecified atom stereocenters. The van der Waals surface area contributed by atoms with E-state index in [1.165, 1.54) is 24.3 Å². The molecular weight excluding hydrogens is 334 g/mol. The number of aliphatic hydroxyl groups excluding tert-OH is 1. The third-order valence-electron chi connectivity index (χ3n) is 2.98. The number of carbonyl (C=O) groups is 3. The molecule has 122 valence electrons. The molecule has 0 atom stereocenters. The lowest BCUT2D eigenvalue weighted by molar-refractivity contribution is -0.146.